The second-order valence-electron chi connectivity index (χ2n) is 12.3. The van der Waals surface area contributed by atoms with Crippen molar-refractivity contribution in [3.8, 4) is 0 Å². The smallest absolute Gasteiger partial charge is 0.317 e. The third-order valence-corrected chi connectivity index (χ3v) is 10.4. The fourth-order valence-electron chi connectivity index (χ4n) is 8.65. The van der Waals surface area contributed by atoms with E-state index in [1.807, 2.05) is 0 Å². The Balaban J connectivity index is 1.36. The van der Waals surface area contributed by atoms with Gasteiger partial charge in [-0.2, -0.15) is 0 Å². The van der Waals surface area contributed by atoms with Gasteiger partial charge in [0.05, 0.1) is 6.10 Å². The second kappa shape index (κ2) is 11.9. The molecule has 34 heavy (non-hydrogen) atoms. The molecule has 0 bridgehead atoms. The third-order valence-electron chi connectivity index (χ3n) is 10.4. The molecular weight excluding hydrogens is 426 g/mol. The standard InChI is InChI=1S/C28H51N3O3/c1-20(34-19-32)17-21-7-6-10-26-25(21)12-11-22-18-23(13-14-28(22,26)2)30-27(33)31(16-15-29)24-8-4-3-5-9-24/h20-26,32H,3-19,29H2,1-2H3,(H,30,33)/t20-,21+,22-,23-,25?,26+,28+/m1/s1. The monoisotopic (exact) mass is 477 g/mol. The first kappa shape index (κ1) is 26.2. The van der Waals surface area contributed by atoms with Gasteiger partial charge in [0.2, 0.25) is 0 Å². The largest absolute Gasteiger partial charge is 0.371 e. The van der Waals surface area contributed by atoms with Crippen LogP contribution < -0.4 is 11.1 Å². The van der Waals surface area contributed by atoms with Gasteiger partial charge in [0.1, 0.15) is 6.79 Å². The zero-order valence-electron chi connectivity index (χ0n) is 21.9. The minimum absolute atomic E-state index is 0.134. The van der Waals surface area contributed by atoms with E-state index in [0.717, 1.165) is 55.8 Å². The van der Waals surface area contributed by atoms with Crippen molar-refractivity contribution in [2.24, 2.45) is 34.8 Å². The van der Waals surface area contributed by atoms with Crippen LogP contribution in [0.25, 0.3) is 0 Å². The number of nitrogens with two attached hydrogens (primary N) is 1. The van der Waals surface area contributed by atoms with Crippen LogP contribution in [0.3, 0.4) is 0 Å². The fourth-order valence-corrected chi connectivity index (χ4v) is 8.65. The number of nitrogens with one attached hydrogen (secondary N) is 1. The van der Waals surface area contributed by atoms with Crippen molar-refractivity contribution in [3.05, 3.63) is 0 Å². The van der Waals surface area contributed by atoms with E-state index in [9.17, 15) is 4.79 Å². The molecule has 0 aromatic heterocycles. The number of carbonyl (C=O) groups is 1. The summed E-state index contributed by atoms with van der Waals surface area (Å²) < 4.78 is 5.49. The summed E-state index contributed by atoms with van der Waals surface area (Å²) in [5.41, 5.74) is 6.30. The van der Waals surface area contributed by atoms with Gasteiger partial charge in [-0.3, -0.25) is 0 Å². The van der Waals surface area contributed by atoms with E-state index in [1.54, 1.807) is 0 Å². The van der Waals surface area contributed by atoms with Crippen LogP contribution >= 0.6 is 0 Å². The number of nitrogens with zero attached hydrogens (tertiary/aromatic N) is 1. The fraction of sp³-hybridized carbons (Fsp3) is 0.964. The van der Waals surface area contributed by atoms with Crippen LogP contribution in [0.4, 0.5) is 4.79 Å². The van der Waals surface area contributed by atoms with E-state index in [-0.39, 0.29) is 18.9 Å². The highest BCUT2D eigenvalue weighted by Gasteiger charge is 2.53. The molecule has 2 amide bonds. The van der Waals surface area contributed by atoms with Gasteiger partial charge in [-0.1, -0.05) is 39.0 Å². The molecule has 0 aliphatic heterocycles. The predicted octanol–water partition coefficient (Wildman–Crippen LogP) is 5.04. The number of ether oxygens (including phenoxy) is 1. The van der Waals surface area contributed by atoms with Crippen molar-refractivity contribution in [2.75, 3.05) is 19.9 Å². The normalized spacial score (nSPS) is 37.4. The lowest BCUT2D eigenvalue weighted by molar-refractivity contribution is -0.0973. The van der Waals surface area contributed by atoms with Gasteiger partial charge in [0, 0.05) is 25.2 Å². The number of aliphatic hydroxyl groups is 1. The molecule has 0 spiro atoms. The first-order valence-corrected chi connectivity index (χ1v) is 14.5. The average molecular weight is 478 g/mol. The molecular formula is C28H51N3O3. The summed E-state index contributed by atoms with van der Waals surface area (Å²) in [6.45, 7) is 5.74. The van der Waals surface area contributed by atoms with Crippen LogP contribution in [-0.4, -0.2) is 54.1 Å². The maximum absolute atomic E-state index is 13.3. The molecule has 4 aliphatic carbocycles. The molecule has 1 unspecified atom stereocenters. The highest BCUT2D eigenvalue weighted by atomic mass is 16.6. The Kier molecular flexibility index (Phi) is 9.20. The number of rotatable bonds is 8. The minimum atomic E-state index is -0.168. The molecule has 4 rings (SSSR count). The van der Waals surface area contributed by atoms with Crippen LogP contribution in [0.2, 0.25) is 0 Å². The summed E-state index contributed by atoms with van der Waals surface area (Å²) in [4.78, 5) is 15.4. The van der Waals surface area contributed by atoms with Gasteiger partial charge in [-0.15, -0.1) is 0 Å². The maximum Gasteiger partial charge on any atom is 0.317 e. The predicted molar refractivity (Wildman–Crippen MR) is 136 cm³/mol. The first-order valence-electron chi connectivity index (χ1n) is 14.5. The molecule has 0 heterocycles. The molecule has 196 valence electrons. The summed E-state index contributed by atoms with van der Waals surface area (Å²) in [7, 11) is 0. The zero-order valence-corrected chi connectivity index (χ0v) is 21.9. The molecule has 4 fully saturated rings. The summed E-state index contributed by atoms with van der Waals surface area (Å²) >= 11 is 0. The van der Waals surface area contributed by atoms with E-state index >= 15 is 0 Å². The lowest BCUT2D eigenvalue weighted by Crippen LogP contribution is -2.56. The van der Waals surface area contributed by atoms with Crippen molar-refractivity contribution >= 4 is 6.03 Å². The molecule has 0 aromatic carbocycles. The Morgan fingerprint density at radius 3 is 2.65 bits per heavy atom. The van der Waals surface area contributed by atoms with Gasteiger partial charge in [0.15, 0.2) is 0 Å². The van der Waals surface area contributed by atoms with Gasteiger partial charge < -0.3 is 25.8 Å². The number of carbonyl (C=O) groups excluding carboxylic acids is 1. The van der Waals surface area contributed by atoms with Gasteiger partial charge >= 0.3 is 6.03 Å². The van der Waals surface area contributed by atoms with Crippen molar-refractivity contribution in [1.29, 1.82) is 0 Å². The summed E-state index contributed by atoms with van der Waals surface area (Å²) in [5.74, 6) is 3.06. The molecule has 0 radical (unpaired) electrons. The van der Waals surface area contributed by atoms with E-state index in [4.69, 9.17) is 15.6 Å². The number of aliphatic hydroxyl groups excluding tert-OH is 1. The highest BCUT2D eigenvalue weighted by molar-refractivity contribution is 5.75. The van der Waals surface area contributed by atoms with Gasteiger partial charge in [0.25, 0.3) is 0 Å². The number of amides is 2. The van der Waals surface area contributed by atoms with Crippen LogP contribution in [-0.2, 0) is 4.74 Å². The Morgan fingerprint density at radius 1 is 1.12 bits per heavy atom. The van der Waals surface area contributed by atoms with Crippen molar-refractivity contribution in [3.63, 3.8) is 0 Å². The molecule has 0 aromatic rings. The number of urea groups is 1. The second-order valence-corrected chi connectivity index (χ2v) is 12.3. The van der Waals surface area contributed by atoms with Gasteiger partial charge in [-0.25, -0.2) is 4.79 Å². The molecule has 6 heteroatoms. The highest BCUT2D eigenvalue weighted by Crippen LogP contribution is 2.60. The Labute approximate surface area is 207 Å². The van der Waals surface area contributed by atoms with Crippen LogP contribution in [0.15, 0.2) is 0 Å². The van der Waals surface area contributed by atoms with Crippen molar-refractivity contribution in [1.82, 2.24) is 10.2 Å². The van der Waals surface area contributed by atoms with Crippen molar-refractivity contribution in [2.45, 2.75) is 122 Å². The van der Waals surface area contributed by atoms with Crippen LogP contribution in [0, 0.1) is 29.1 Å². The summed E-state index contributed by atoms with van der Waals surface area (Å²) in [6, 6.07) is 0.816. The number of fused-ring (bicyclic) bond motifs is 3. The topological polar surface area (TPSA) is 87.8 Å². The molecule has 4 saturated carbocycles. The van der Waals surface area contributed by atoms with Gasteiger partial charge in [-0.05, 0) is 93.8 Å². The van der Waals surface area contributed by atoms with E-state index in [2.05, 4.69) is 24.1 Å². The zero-order chi connectivity index (χ0) is 24.1. The first-order chi connectivity index (χ1) is 16.5. The van der Waals surface area contributed by atoms with E-state index in [1.165, 1.54) is 57.8 Å². The molecule has 7 atom stereocenters. The molecule has 0 saturated heterocycles. The van der Waals surface area contributed by atoms with Crippen molar-refractivity contribution < 1.29 is 14.6 Å². The lowest BCUT2D eigenvalue weighted by atomic mass is 9.47. The third kappa shape index (κ3) is 5.75. The van der Waals surface area contributed by atoms with E-state index < -0.39 is 0 Å². The Morgan fingerprint density at radius 2 is 1.91 bits per heavy atom. The van der Waals surface area contributed by atoms with Crippen LogP contribution in [0.1, 0.15) is 104 Å². The quantitative estimate of drug-likeness (QED) is 0.428. The number of hydrogen-bond donors (Lipinski definition) is 3. The SMILES string of the molecule is C[C@H](C[C@@H]1CCC[C@H]2C1CC[C@@H]1C[C@H](NC(=O)N(CCN)C3CCCCC3)CC[C@@]12C)OCO. The maximum atomic E-state index is 13.3. The molecule has 4 aliphatic rings. The average Bonchev–Trinajstić information content (AvgIpc) is 2.83. The van der Waals surface area contributed by atoms with E-state index in [0.29, 0.717) is 30.6 Å². The summed E-state index contributed by atoms with van der Waals surface area (Å²) in [6.07, 6.45) is 17.4. The summed E-state index contributed by atoms with van der Waals surface area (Å²) in [5, 5.41) is 12.6. The lowest BCUT2D eigenvalue weighted by Gasteiger charge is -2.58. The number of hydrogen-bond acceptors (Lipinski definition) is 4. The molecule has 4 N–H and O–H groups in total. The molecule has 6 nitrogen and oxygen atoms in total. The minimum Gasteiger partial charge on any atom is -0.371 e. The Bertz CT molecular complexity index is 655. The Hall–Kier alpha value is -0.850. The van der Waals surface area contributed by atoms with Crippen LogP contribution in [0.5, 0.6) is 0 Å².